The first-order valence-electron chi connectivity index (χ1n) is 8.40. The Labute approximate surface area is 164 Å². The maximum atomic E-state index is 13.6. The lowest BCUT2D eigenvalue weighted by Crippen LogP contribution is -2.33. The number of anilines is 2. The van der Waals surface area contributed by atoms with Crippen molar-refractivity contribution in [1.82, 2.24) is 5.32 Å². The Kier molecular flexibility index (Phi) is 5.51. The van der Waals surface area contributed by atoms with Crippen LogP contribution < -0.4 is 14.9 Å². The van der Waals surface area contributed by atoms with Gasteiger partial charge in [-0.25, -0.2) is 21.6 Å². The standard InChI is InChI=1S/C18H16F3N3O4S/c1-29(27,28)24-7-6-10-8-11(2-5-14(10)24)18(26)22-9-15(25)23-13-4-3-12(19)16(20)17(13)21/h2-5,8H,6-7,9H2,1H3,(H,22,26)(H,23,25). The average molecular weight is 427 g/mol. The monoisotopic (exact) mass is 427 g/mol. The summed E-state index contributed by atoms with van der Waals surface area (Å²) in [5, 5.41) is 4.36. The predicted octanol–water partition coefficient (Wildman–Crippen LogP) is 1.79. The summed E-state index contributed by atoms with van der Waals surface area (Å²) in [4.78, 5) is 24.1. The van der Waals surface area contributed by atoms with Crippen molar-refractivity contribution < 1.29 is 31.2 Å². The first-order chi connectivity index (χ1) is 13.6. The van der Waals surface area contributed by atoms with Gasteiger partial charge in [0.15, 0.2) is 17.5 Å². The minimum Gasteiger partial charge on any atom is -0.343 e. The molecular weight excluding hydrogens is 411 g/mol. The lowest BCUT2D eigenvalue weighted by molar-refractivity contribution is -0.115. The van der Waals surface area contributed by atoms with Crippen molar-refractivity contribution in [2.75, 3.05) is 29.0 Å². The first-order valence-corrected chi connectivity index (χ1v) is 10.2. The van der Waals surface area contributed by atoms with E-state index in [9.17, 15) is 31.2 Å². The van der Waals surface area contributed by atoms with Crippen molar-refractivity contribution in [2.45, 2.75) is 6.42 Å². The second-order valence-electron chi connectivity index (χ2n) is 6.38. The smallest absolute Gasteiger partial charge is 0.251 e. The van der Waals surface area contributed by atoms with E-state index >= 15 is 0 Å². The molecule has 1 aliphatic heterocycles. The van der Waals surface area contributed by atoms with Crippen LogP contribution in [0, 0.1) is 17.5 Å². The van der Waals surface area contributed by atoms with Gasteiger partial charge in [0.05, 0.1) is 24.2 Å². The SMILES string of the molecule is CS(=O)(=O)N1CCc2cc(C(=O)NCC(=O)Nc3ccc(F)c(F)c3F)ccc21. The third-order valence-electron chi connectivity index (χ3n) is 4.31. The number of amides is 2. The van der Waals surface area contributed by atoms with Gasteiger partial charge in [0.1, 0.15) is 0 Å². The second kappa shape index (κ2) is 7.74. The third kappa shape index (κ3) is 4.34. The second-order valence-corrected chi connectivity index (χ2v) is 8.29. The van der Waals surface area contributed by atoms with E-state index in [0.717, 1.165) is 12.3 Å². The molecule has 2 aromatic rings. The number of nitrogens with zero attached hydrogens (tertiary/aromatic N) is 1. The molecule has 1 heterocycles. The van der Waals surface area contributed by atoms with Crippen molar-refractivity contribution in [2.24, 2.45) is 0 Å². The number of fused-ring (bicyclic) bond motifs is 1. The molecule has 0 aromatic heterocycles. The van der Waals surface area contributed by atoms with E-state index in [0.29, 0.717) is 23.7 Å². The van der Waals surface area contributed by atoms with Crippen LogP contribution in [0.4, 0.5) is 24.5 Å². The number of halogens is 3. The van der Waals surface area contributed by atoms with E-state index in [-0.39, 0.29) is 12.1 Å². The summed E-state index contributed by atoms with van der Waals surface area (Å²) in [7, 11) is -3.41. The molecule has 0 saturated heterocycles. The number of benzene rings is 2. The predicted molar refractivity (Wildman–Crippen MR) is 99.6 cm³/mol. The van der Waals surface area contributed by atoms with Gasteiger partial charge in [0.2, 0.25) is 15.9 Å². The molecule has 0 radical (unpaired) electrons. The summed E-state index contributed by atoms with van der Waals surface area (Å²) in [6.07, 6.45) is 1.54. The quantitative estimate of drug-likeness (QED) is 0.712. The van der Waals surface area contributed by atoms with Crippen LogP contribution in [0.25, 0.3) is 0 Å². The van der Waals surface area contributed by atoms with Crippen LogP contribution in [-0.4, -0.2) is 39.6 Å². The maximum Gasteiger partial charge on any atom is 0.251 e. The van der Waals surface area contributed by atoms with Gasteiger partial charge in [-0.2, -0.15) is 0 Å². The highest BCUT2D eigenvalue weighted by molar-refractivity contribution is 7.92. The Hall–Kier alpha value is -3.08. The molecule has 0 saturated carbocycles. The van der Waals surface area contributed by atoms with Gasteiger partial charge in [-0.1, -0.05) is 0 Å². The van der Waals surface area contributed by atoms with Gasteiger partial charge < -0.3 is 10.6 Å². The Morgan fingerprint density at radius 2 is 1.83 bits per heavy atom. The molecule has 0 spiro atoms. The summed E-state index contributed by atoms with van der Waals surface area (Å²) >= 11 is 0. The van der Waals surface area contributed by atoms with Gasteiger partial charge in [0, 0.05) is 12.1 Å². The largest absolute Gasteiger partial charge is 0.343 e. The maximum absolute atomic E-state index is 13.6. The third-order valence-corrected chi connectivity index (χ3v) is 5.49. The number of carbonyl (C=O) groups excluding carboxylic acids is 2. The molecule has 0 atom stereocenters. The highest BCUT2D eigenvalue weighted by Gasteiger charge is 2.26. The van der Waals surface area contributed by atoms with Crippen molar-refractivity contribution in [3.8, 4) is 0 Å². The number of rotatable bonds is 5. The van der Waals surface area contributed by atoms with Crippen LogP contribution >= 0.6 is 0 Å². The molecule has 154 valence electrons. The molecule has 2 amide bonds. The zero-order chi connectivity index (χ0) is 21.3. The Bertz CT molecular complexity index is 1110. The fourth-order valence-electron chi connectivity index (χ4n) is 2.94. The molecule has 2 aromatic carbocycles. The van der Waals surface area contributed by atoms with Crippen molar-refractivity contribution in [3.63, 3.8) is 0 Å². The number of sulfonamides is 1. The van der Waals surface area contributed by atoms with Gasteiger partial charge in [-0.05, 0) is 42.3 Å². The highest BCUT2D eigenvalue weighted by atomic mass is 32.2. The fraction of sp³-hybridized carbons (Fsp3) is 0.222. The summed E-state index contributed by atoms with van der Waals surface area (Å²) in [6, 6.07) is 5.99. The van der Waals surface area contributed by atoms with Crippen molar-refractivity contribution in [3.05, 3.63) is 58.9 Å². The van der Waals surface area contributed by atoms with Crippen molar-refractivity contribution >= 4 is 33.2 Å². The van der Waals surface area contributed by atoms with Crippen molar-refractivity contribution in [1.29, 1.82) is 0 Å². The van der Waals surface area contributed by atoms with E-state index in [1.165, 1.54) is 22.5 Å². The molecule has 7 nitrogen and oxygen atoms in total. The lowest BCUT2D eigenvalue weighted by Gasteiger charge is -2.16. The lowest BCUT2D eigenvalue weighted by atomic mass is 10.1. The topological polar surface area (TPSA) is 95.6 Å². The molecule has 3 rings (SSSR count). The molecular formula is C18H16F3N3O4S. The van der Waals surface area contributed by atoms with Gasteiger partial charge >= 0.3 is 0 Å². The molecule has 0 fully saturated rings. The molecule has 0 unspecified atom stereocenters. The number of nitrogens with one attached hydrogen (secondary N) is 2. The summed E-state index contributed by atoms with van der Waals surface area (Å²) in [5.74, 6) is -6.09. The van der Waals surface area contributed by atoms with E-state index < -0.39 is 51.5 Å². The van der Waals surface area contributed by atoms with Crippen LogP contribution in [0.3, 0.4) is 0 Å². The molecule has 0 bridgehead atoms. The van der Waals surface area contributed by atoms with Crippen LogP contribution in [0.2, 0.25) is 0 Å². The van der Waals surface area contributed by atoms with E-state index in [2.05, 4.69) is 5.32 Å². The summed E-state index contributed by atoms with van der Waals surface area (Å²) in [6.45, 7) is -0.259. The van der Waals surface area contributed by atoms with Crippen LogP contribution in [0.15, 0.2) is 30.3 Å². The number of carbonyl (C=O) groups is 2. The highest BCUT2D eigenvalue weighted by Crippen LogP contribution is 2.30. The first kappa shape index (κ1) is 20.6. The Balaban J connectivity index is 1.63. The van der Waals surface area contributed by atoms with Gasteiger partial charge in [-0.15, -0.1) is 0 Å². The molecule has 11 heteroatoms. The Morgan fingerprint density at radius 1 is 1.10 bits per heavy atom. The molecule has 1 aliphatic rings. The van der Waals surface area contributed by atoms with E-state index in [4.69, 9.17) is 0 Å². The molecule has 29 heavy (non-hydrogen) atoms. The number of hydrogen-bond acceptors (Lipinski definition) is 4. The van der Waals surface area contributed by atoms with Crippen LogP contribution in [-0.2, 0) is 21.2 Å². The normalized spacial score (nSPS) is 13.2. The van der Waals surface area contributed by atoms with E-state index in [1.54, 1.807) is 0 Å². The Morgan fingerprint density at radius 3 is 2.52 bits per heavy atom. The van der Waals surface area contributed by atoms with Gasteiger partial charge in [-0.3, -0.25) is 13.9 Å². The van der Waals surface area contributed by atoms with Crippen LogP contribution in [0.1, 0.15) is 15.9 Å². The summed E-state index contributed by atoms with van der Waals surface area (Å²) < 4.78 is 64.4. The molecule has 2 N–H and O–H groups in total. The van der Waals surface area contributed by atoms with E-state index in [1.807, 2.05) is 5.32 Å². The minimum absolute atomic E-state index is 0.214. The molecule has 0 aliphatic carbocycles. The average Bonchev–Trinajstić information content (AvgIpc) is 3.10. The minimum atomic E-state index is -3.41. The zero-order valence-corrected chi connectivity index (χ0v) is 15.9. The fourth-order valence-corrected chi connectivity index (χ4v) is 3.90. The van der Waals surface area contributed by atoms with Crippen LogP contribution in [0.5, 0.6) is 0 Å². The number of hydrogen-bond donors (Lipinski definition) is 2. The van der Waals surface area contributed by atoms with Gasteiger partial charge in [0.25, 0.3) is 5.91 Å². The zero-order valence-electron chi connectivity index (χ0n) is 15.1. The summed E-state index contributed by atoms with van der Waals surface area (Å²) in [5.41, 5.74) is 0.833.